The Labute approximate surface area is 206 Å². The maximum absolute atomic E-state index is 13.6. The van der Waals surface area contributed by atoms with Gasteiger partial charge >= 0.3 is 12.4 Å². The number of ether oxygens (including phenoxy) is 1. The van der Waals surface area contributed by atoms with Crippen LogP contribution in [-0.2, 0) is 28.4 Å². The largest absolute Gasteiger partial charge is 0.493 e. The molecule has 2 amide bonds. The highest BCUT2D eigenvalue weighted by Crippen LogP contribution is 2.37. The van der Waals surface area contributed by atoms with E-state index in [2.05, 4.69) is 0 Å². The maximum Gasteiger partial charge on any atom is 0.416 e. The van der Waals surface area contributed by atoms with Crippen LogP contribution in [0.15, 0.2) is 72.3 Å². The summed E-state index contributed by atoms with van der Waals surface area (Å²) in [5.41, 5.74) is 2.89. The predicted molar refractivity (Wildman–Crippen MR) is 123 cm³/mol. The topological polar surface area (TPSA) is 72.6 Å². The summed E-state index contributed by atoms with van der Waals surface area (Å²) >= 11 is 0. The lowest BCUT2D eigenvalue weighted by Gasteiger charge is -2.25. The van der Waals surface area contributed by atoms with E-state index < -0.39 is 52.2 Å². The number of carbonyl (C=O) groups excluding carboxylic acids is 2. The summed E-state index contributed by atoms with van der Waals surface area (Å²) in [6, 6.07) is 11.7. The molecule has 0 fully saturated rings. The van der Waals surface area contributed by atoms with Gasteiger partial charge in [-0.3, -0.25) is 14.5 Å². The predicted octanol–water partition coefficient (Wildman–Crippen LogP) is 5.89. The molecule has 0 atom stereocenters. The van der Waals surface area contributed by atoms with E-state index in [0.717, 1.165) is 48.0 Å². The Kier molecular flexibility index (Phi) is 6.72. The molecule has 0 aromatic heterocycles. The minimum Gasteiger partial charge on any atom is -0.493 e. The monoisotopic (exact) mass is 520 g/mol. The van der Waals surface area contributed by atoms with Crippen molar-refractivity contribution in [2.45, 2.75) is 18.8 Å². The van der Waals surface area contributed by atoms with Crippen molar-refractivity contribution in [3.05, 3.63) is 94.6 Å². The Bertz CT molecular complexity index is 1340. The molecule has 1 aliphatic rings. The number of rotatable bonds is 5. The van der Waals surface area contributed by atoms with Crippen molar-refractivity contribution < 1.29 is 40.7 Å². The van der Waals surface area contributed by atoms with Crippen molar-refractivity contribution in [3.8, 4) is 5.75 Å². The van der Waals surface area contributed by atoms with Gasteiger partial charge in [0.15, 0.2) is 0 Å². The fourth-order valence-electron chi connectivity index (χ4n) is 3.85. The summed E-state index contributed by atoms with van der Waals surface area (Å²) in [4.78, 5) is 26.5. The number of nitrogens with two attached hydrogens (primary N) is 1. The zero-order valence-electron chi connectivity index (χ0n) is 18.9. The molecule has 0 aliphatic carbocycles. The van der Waals surface area contributed by atoms with E-state index in [9.17, 15) is 35.9 Å². The summed E-state index contributed by atoms with van der Waals surface area (Å²) in [6.07, 6.45) is -7.88. The van der Waals surface area contributed by atoms with E-state index in [1.807, 2.05) is 0 Å². The SMILES string of the molecule is NC(=O)C(=Cc1ccc2c(c1)CCO2)C(=O)N(c1cccc(C(F)(F)F)c1)c1cccc(C(F)(F)F)c1. The first kappa shape index (κ1) is 25.8. The molecule has 0 spiro atoms. The highest BCUT2D eigenvalue weighted by Gasteiger charge is 2.34. The lowest BCUT2D eigenvalue weighted by Crippen LogP contribution is -2.33. The number of hydrogen-bond donors (Lipinski definition) is 1. The zero-order chi connectivity index (χ0) is 27.0. The van der Waals surface area contributed by atoms with Crippen molar-refractivity contribution in [2.75, 3.05) is 11.5 Å². The van der Waals surface area contributed by atoms with Crippen LogP contribution >= 0.6 is 0 Å². The fraction of sp³-hybridized carbons (Fsp3) is 0.154. The van der Waals surface area contributed by atoms with Gasteiger partial charge in [0.2, 0.25) is 0 Å². The van der Waals surface area contributed by atoms with Crippen molar-refractivity contribution in [3.63, 3.8) is 0 Å². The molecule has 0 saturated carbocycles. The van der Waals surface area contributed by atoms with Crippen molar-refractivity contribution in [1.29, 1.82) is 0 Å². The molecule has 2 N–H and O–H groups in total. The highest BCUT2D eigenvalue weighted by molar-refractivity contribution is 6.27. The number of anilines is 2. The van der Waals surface area contributed by atoms with E-state index in [-0.39, 0.29) is 0 Å². The average molecular weight is 520 g/mol. The number of nitrogens with zero attached hydrogens (tertiary/aromatic N) is 1. The second-order valence-electron chi connectivity index (χ2n) is 8.12. The standard InChI is InChI=1S/C26H18F6N2O3/c27-25(28,29)17-3-1-5-19(13-17)34(20-6-2-4-18(14-20)26(30,31)32)24(36)21(23(33)35)12-15-7-8-22-16(11-15)9-10-37-22/h1-8,11-14H,9-10H2,(H2,33,35). The summed E-state index contributed by atoms with van der Waals surface area (Å²) in [5.74, 6) is -1.80. The molecule has 4 rings (SSSR count). The third kappa shape index (κ3) is 5.60. The minimum absolute atomic E-state index is 0.374. The Balaban J connectivity index is 1.87. The molecular formula is C26H18F6N2O3. The van der Waals surface area contributed by atoms with Crippen molar-refractivity contribution >= 4 is 29.3 Å². The van der Waals surface area contributed by atoms with E-state index >= 15 is 0 Å². The van der Waals surface area contributed by atoms with Gasteiger partial charge in [-0.1, -0.05) is 18.2 Å². The summed E-state index contributed by atoms with van der Waals surface area (Å²) in [5, 5.41) is 0. The first-order valence-corrected chi connectivity index (χ1v) is 10.8. The maximum atomic E-state index is 13.6. The van der Waals surface area contributed by atoms with Crippen LogP contribution in [0.5, 0.6) is 5.75 Å². The molecule has 3 aromatic rings. The Morgan fingerprint density at radius 1 is 0.838 bits per heavy atom. The third-order valence-electron chi connectivity index (χ3n) is 5.59. The van der Waals surface area contributed by atoms with E-state index in [0.29, 0.717) is 41.4 Å². The van der Waals surface area contributed by atoms with Crippen LogP contribution in [0.25, 0.3) is 6.08 Å². The molecule has 0 radical (unpaired) electrons. The molecule has 37 heavy (non-hydrogen) atoms. The molecule has 1 aliphatic heterocycles. The van der Waals surface area contributed by atoms with E-state index in [4.69, 9.17) is 10.5 Å². The first-order chi connectivity index (χ1) is 17.3. The van der Waals surface area contributed by atoms with Crippen LogP contribution in [0.4, 0.5) is 37.7 Å². The number of halogens is 6. The molecule has 0 bridgehead atoms. The van der Waals surface area contributed by atoms with Crippen LogP contribution in [0.3, 0.4) is 0 Å². The molecular weight excluding hydrogens is 502 g/mol. The van der Waals surface area contributed by atoms with Crippen LogP contribution in [0.2, 0.25) is 0 Å². The lowest BCUT2D eigenvalue weighted by molar-refractivity contribution is -0.138. The van der Waals surface area contributed by atoms with E-state index in [1.165, 1.54) is 0 Å². The smallest absolute Gasteiger partial charge is 0.416 e. The lowest BCUT2D eigenvalue weighted by atomic mass is 10.0. The number of hydrogen-bond acceptors (Lipinski definition) is 3. The van der Waals surface area contributed by atoms with Crippen LogP contribution < -0.4 is 15.4 Å². The van der Waals surface area contributed by atoms with Gasteiger partial charge in [0.1, 0.15) is 11.3 Å². The van der Waals surface area contributed by atoms with Gasteiger partial charge in [-0.2, -0.15) is 26.3 Å². The van der Waals surface area contributed by atoms with Crippen LogP contribution in [0.1, 0.15) is 22.3 Å². The normalized spacial score (nSPS) is 13.6. The molecule has 192 valence electrons. The molecule has 5 nitrogen and oxygen atoms in total. The Morgan fingerprint density at radius 2 is 1.41 bits per heavy atom. The zero-order valence-corrected chi connectivity index (χ0v) is 18.9. The number of fused-ring (bicyclic) bond motifs is 1. The third-order valence-corrected chi connectivity index (χ3v) is 5.59. The van der Waals surface area contributed by atoms with Gasteiger partial charge in [-0.15, -0.1) is 0 Å². The molecule has 3 aromatic carbocycles. The summed E-state index contributed by atoms with van der Waals surface area (Å²) in [7, 11) is 0. The van der Waals surface area contributed by atoms with Gasteiger partial charge in [-0.25, -0.2) is 0 Å². The summed E-state index contributed by atoms with van der Waals surface area (Å²) < 4.78 is 85.8. The summed E-state index contributed by atoms with van der Waals surface area (Å²) in [6.45, 7) is 0.447. The minimum atomic E-state index is -4.80. The molecule has 11 heteroatoms. The van der Waals surface area contributed by atoms with Crippen molar-refractivity contribution in [1.82, 2.24) is 0 Å². The number of alkyl halides is 6. The number of carbonyl (C=O) groups is 2. The van der Waals surface area contributed by atoms with Gasteiger partial charge in [0.05, 0.1) is 17.7 Å². The number of primary amides is 1. The highest BCUT2D eigenvalue weighted by atomic mass is 19.4. The molecule has 0 saturated heterocycles. The number of benzene rings is 3. The van der Waals surface area contributed by atoms with Gasteiger partial charge in [-0.05, 0) is 65.7 Å². The van der Waals surface area contributed by atoms with Gasteiger partial charge < -0.3 is 10.5 Å². The van der Waals surface area contributed by atoms with E-state index in [1.54, 1.807) is 18.2 Å². The quantitative estimate of drug-likeness (QED) is 0.197. The van der Waals surface area contributed by atoms with Crippen molar-refractivity contribution in [2.24, 2.45) is 5.73 Å². The van der Waals surface area contributed by atoms with Crippen LogP contribution in [-0.4, -0.2) is 18.4 Å². The number of amides is 2. The average Bonchev–Trinajstić information content (AvgIpc) is 3.30. The second-order valence-corrected chi connectivity index (χ2v) is 8.12. The fourth-order valence-corrected chi connectivity index (χ4v) is 3.85. The van der Waals surface area contributed by atoms with Gasteiger partial charge in [0.25, 0.3) is 11.8 Å². The first-order valence-electron chi connectivity index (χ1n) is 10.8. The second kappa shape index (κ2) is 9.64. The molecule has 0 unspecified atom stereocenters. The molecule has 1 heterocycles. The Hall–Kier alpha value is -4.28. The van der Waals surface area contributed by atoms with Gasteiger partial charge in [0, 0.05) is 17.8 Å². The van der Waals surface area contributed by atoms with Crippen LogP contribution in [0, 0.1) is 0 Å². The Morgan fingerprint density at radius 3 is 1.92 bits per heavy atom.